The summed E-state index contributed by atoms with van der Waals surface area (Å²) in [5.41, 5.74) is 11.1. The molecule has 0 spiro atoms. The SMILES string of the molecule is CCOC(=O)/C(=C/N(C)C)C(=O)c1cn(OC)c2ccccc12.CCOC(=O)CC(=O)c1cn(OC)c2ccccc12.CCOC(=O)c1cnc(SC)nc1-c1cn(OC)c2ccccc12.CN(C)/C=C/c1ccccc1[N+](=O)[O-].COn1cc(C(=O)O)c2ccccc21.COn1cc(C=O)c2ccccc21.COn1ccc2ccccc21.Cc1ccccc1[N+](=O)[O-].On1ccc2ccccc21. The van der Waals surface area contributed by atoms with Crippen molar-refractivity contribution in [3.05, 3.63) is 357 Å². The summed E-state index contributed by atoms with van der Waals surface area (Å²) in [6.45, 7) is 7.67. The van der Waals surface area contributed by atoms with Crippen molar-refractivity contribution in [1.29, 1.82) is 0 Å². The zero-order valence-corrected chi connectivity index (χ0v) is 79.3. The van der Waals surface area contributed by atoms with Crippen LogP contribution in [0.3, 0.4) is 0 Å². The standard InChI is InChI=1S/C17H17N3O3S.C17H20N2O4.C14H15NO4.C10H12N2O2.C10H9NO3.C10H9NO2.C9H9NO.C8H7NO.C7H7NO2/c1-4-23-16(21)12-9-18-17(24-3)19-15(12)13-10-20(22-2)14-8-6-5-7-11(13)14;1-5-23-17(21)14(10-18(2)3)16(20)13-11-19(22-4)15-9-7-6-8-12(13)15;1-3-19-14(17)8-13(16)11-9-15(18-2)12-7-5-4-6-10(11)12;1-11(2)8-7-9-5-3-4-6-10(9)12(13)14;1-14-11-6-8(10(12)13)7-4-2-3-5-9(7)11;1-13-11-6-8(7-12)9-4-2-3-5-10(9)11;1-11-10-7-6-8-4-2-3-5-9(8)10;10-9-6-5-7-3-1-2-4-8(7)9;1-6-4-2-3-5-7(6)8(9)10/h5-10H,4H2,1-3H3;6-11H,5H2,1-4H3;4-7,9H,3,8H2,1-2H3;3-8H,1-2H3;2-6H,1H3,(H,12,13);2-7H,1H3;2-7H,1H3;1-6,10H;2-5H,1H3/b;14-10+;;8-7+;;;;;. The number of esters is 3. The van der Waals surface area contributed by atoms with Crippen LogP contribution in [-0.2, 0) is 23.8 Å². The van der Waals surface area contributed by atoms with E-state index in [1.807, 2.05) is 201 Å². The van der Waals surface area contributed by atoms with Crippen molar-refractivity contribution in [1.82, 2.24) is 52.9 Å². The molecule has 138 heavy (non-hydrogen) atoms. The van der Waals surface area contributed by atoms with Crippen molar-refractivity contribution in [3.8, 4) is 11.3 Å². The van der Waals surface area contributed by atoms with Gasteiger partial charge in [0.15, 0.2) is 17.2 Å². The fourth-order valence-electron chi connectivity index (χ4n) is 13.7. The van der Waals surface area contributed by atoms with Gasteiger partial charge in [0.1, 0.15) is 60.2 Å². The van der Waals surface area contributed by atoms with E-state index in [0.717, 1.165) is 76.7 Å². The van der Waals surface area contributed by atoms with Crippen molar-refractivity contribution in [2.75, 3.05) is 96.9 Å². The largest absolute Gasteiger partial charge is 0.478 e. The first kappa shape index (κ1) is 104. The summed E-state index contributed by atoms with van der Waals surface area (Å²) in [6.07, 6.45) is 20.6. The van der Waals surface area contributed by atoms with E-state index >= 15 is 0 Å². The number of rotatable bonds is 25. The van der Waals surface area contributed by atoms with Crippen molar-refractivity contribution < 1.29 is 97.0 Å². The Bertz CT molecular complexity index is 7140. The van der Waals surface area contributed by atoms with Crippen LogP contribution in [0.5, 0.6) is 0 Å². The van der Waals surface area contributed by atoms with Gasteiger partial charge in [-0.05, 0) is 107 Å². The Morgan fingerprint density at radius 3 is 1.38 bits per heavy atom. The zero-order chi connectivity index (χ0) is 100. The van der Waals surface area contributed by atoms with Crippen LogP contribution in [0.4, 0.5) is 11.4 Å². The second kappa shape index (κ2) is 51.5. The van der Waals surface area contributed by atoms with E-state index in [9.17, 15) is 53.8 Å². The molecule has 35 nitrogen and oxygen atoms in total. The number of carboxylic acids is 1. The van der Waals surface area contributed by atoms with E-state index in [2.05, 4.69) is 16.0 Å². The fourth-order valence-corrected chi connectivity index (χ4v) is 14.1. The first-order valence-corrected chi connectivity index (χ1v) is 43.7. The summed E-state index contributed by atoms with van der Waals surface area (Å²) >= 11 is 1.42. The maximum Gasteiger partial charge on any atom is 0.343 e. The number of aldehydes is 1. The Hall–Kier alpha value is -17.4. The predicted octanol–water partition coefficient (Wildman–Crippen LogP) is 17.3. The summed E-state index contributed by atoms with van der Waals surface area (Å²) in [7, 11) is 16.6. The summed E-state index contributed by atoms with van der Waals surface area (Å²) in [4.78, 5) is 146. The normalized spacial score (nSPS) is 10.5. The lowest BCUT2D eigenvalue weighted by Crippen LogP contribution is -2.19. The van der Waals surface area contributed by atoms with Gasteiger partial charge in [-0.15, -0.1) is 0 Å². The average Bonchev–Trinajstić information content (AvgIpc) is 1.61. The Kier molecular flexibility index (Phi) is 38.9. The van der Waals surface area contributed by atoms with Gasteiger partial charge in [0.05, 0.1) is 122 Å². The second-order valence-electron chi connectivity index (χ2n) is 29.3. The Morgan fingerprint density at radius 2 is 0.884 bits per heavy atom. The first-order chi connectivity index (χ1) is 66.6. The van der Waals surface area contributed by atoms with Crippen molar-refractivity contribution in [2.45, 2.75) is 39.3 Å². The third-order valence-corrected chi connectivity index (χ3v) is 20.6. The van der Waals surface area contributed by atoms with Gasteiger partial charge in [-0.25, -0.2) is 24.4 Å². The number of aromatic carboxylic acids is 1. The van der Waals surface area contributed by atoms with Crippen molar-refractivity contribution >= 4 is 147 Å². The lowest BCUT2D eigenvalue weighted by Gasteiger charge is -2.10. The smallest absolute Gasteiger partial charge is 0.343 e. The Morgan fingerprint density at radius 1 is 0.457 bits per heavy atom. The van der Waals surface area contributed by atoms with E-state index in [1.54, 1.807) is 168 Å². The predicted molar refractivity (Wildman–Crippen MR) is 529 cm³/mol. The van der Waals surface area contributed by atoms with Gasteiger partial charge in [0.2, 0.25) is 5.78 Å². The van der Waals surface area contributed by atoms with E-state index in [0.29, 0.717) is 61.6 Å². The number of aryl methyl sites for hydroxylation is 1. The molecule has 0 atom stereocenters. The molecule has 9 aromatic carbocycles. The van der Waals surface area contributed by atoms with Gasteiger partial charge < -0.3 is 63.3 Å². The highest BCUT2D eigenvalue weighted by atomic mass is 32.2. The van der Waals surface area contributed by atoms with Gasteiger partial charge in [-0.2, -0.15) is 33.1 Å². The summed E-state index contributed by atoms with van der Waals surface area (Å²) in [6, 6.07) is 70.3. The number of nitro groups is 2. The fraction of sp³-hybridized carbons (Fsp3) is 0.186. The molecule has 0 fully saturated rings. The van der Waals surface area contributed by atoms with Gasteiger partial charge in [0, 0.05) is 125 Å². The van der Waals surface area contributed by atoms with Gasteiger partial charge in [0.25, 0.3) is 11.4 Å². The molecule has 0 amide bonds. The number of para-hydroxylation sites is 9. The number of thioether (sulfide) groups is 1. The maximum absolute atomic E-state index is 12.9. The zero-order valence-electron chi connectivity index (χ0n) is 78.5. The summed E-state index contributed by atoms with van der Waals surface area (Å²) in [5, 5.41) is 45.8. The van der Waals surface area contributed by atoms with Crippen molar-refractivity contribution in [3.63, 3.8) is 0 Å². The molecule has 17 rings (SSSR count). The molecular weight excluding hydrogens is 1790 g/mol. The molecule has 2 N–H and O–H groups in total. The molecule has 8 aromatic heterocycles. The number of hydrogen-bond donors (Lipinski definition) is 2. The molecule has 716 valence electrons. The molecule has 0 aliphatic rings. The number of ketones is 2. The number of carbonyl (C=O) groups is 7. The molecule has 0 saturated heterocycles. The van der Waals surface area contributed by atoms with Crippen LogP contribution >= 0.6 is 11.8 Å². The molecule has 0 unspecified atom stereocenters. The minimum Gasteiger partial charge on any atom is -0.478 e. The average molecular weight is 1900 g/mol. The molecule has 0 bridgehead atoms. The lowest BCUT2D eigenvalue weighted by molar-refractivity contribution is -0.385. The summed E-state index contributed by atoms with van der Waals surface area (Å²) < 4.78 is 25.5. The van der Waals surface area contributed by atoms with Gasteiger partial charge in [-0.1, -0.05) is 169 Å². The number of nitrogens with zero attached hydrogens (tertiary/aromatic N) is 13. The van der Waals surface area contributed by atoms with Crippen LogP contribution in [-0.4, -0.2) is 212 Å². The third kappa shape index (κ3) is 27.0. The Balaban J connectivity index is 0.000000177. The van der Waals surface area contributed by atoms with Gasteiger partial charge in [-0.3, -0.25) is 39.4 Å². The highest BCUT2D eigenvalue weighted by Gasteiger charge is 2.27. The number of aromatic nitrogens is 9. The number of carboxylic acid groups (broad SMARTS) is 1. The number of ether oxygens (including phenoxy) is 3. The molecule has 0 radical (unpaired) electrons. The molecular formula is C102H105N13O22S. The Labute approximate surface area is 797 Å². The molecule has 0 aliphatic carbocycles. The highest BCUT2D eigenvalue weighted by molar-refractivity contribution is 7.98. The van der Waals surface area contributed by atoms with Crippen LogP contribution in [0.2, 0.25) is 0 Å². The highest BCUT2D eigenvalue weighted by Crippen LogP contribution is 2.34. The van der Waals surface area contributed by atoms with E-state index in [1.165, 1.54) is 83.4 Å². The van der Waals surface area contributed by atoms with Crippen LogP contribution < -0.4 is 29.0 Å². The van der Waals surface area contributed by atoms with Crippen LogP contribution in [0.25, 0.3) is 93.7 Å². The number of nitro benzene ring substituents is 2. The van der Waals surface area contributed by atoms with E-state index in [4.69, 9.17) is 53.5 Å². The lowest BCUT2D eigenvalue weighted by atomic mass is 10.0. The molecule has 8 heterocycles. The van der Waals surface area contributed by atoms with E-state index in [-0.39, 0.29) is 57.8 Å². The number of hydrogen-bond acceptors (Lipinski definition) is 26. The van der Waals surface area contributed by atoms with Crippen LogP contribution in [0, 0.1) is 27.2 Å². The number of benzene rings is 9. The maximum atomic E-state index is 12.9. The number of Topliss-reactive ketones (excluding diaryl/α,β-unsaturated/α-hetero) is 2. The molecule has 0 aliphatic heterocycles. The number of carbonyl (C=O) groups excluding carboxylic acids is 6. The second-order valence-corrected chi connectivity index (χ2v) is 30.1. The molecule has 17 aromatic rings. The number of fused-ring (bicyclic) bond motifs is 7. The van der Waals surface area contributed by atoms with Crippen LogP contribution in [0.1, 0.15) is 90.1 Å². The minimum atomic E-state index is -0.947. The third-order valence-electron chi connectivity index (χ3n) is 20.1. The summed E-state index contributed by atoms with van der Waals surface area (Å²) in [5.74, 6) is -3.21. The quantitative estimate of drug-likeness (QED) is 0.00436. The van der Waals surface area contributed by atoms with Crippen molar-refractivity contribution in [2.24, 2.45) is 0 Å². The van der Waals surface area contributed by atoms with Crippen LogP contribution in [0.15, 0.2) is 303 Å². The first-order valence-electron chi connectivity index (χ1n) is 42.5. The van der Waals surface area contributed by atoms with Gasteiger partial charge >= 0.3 is 23.9 Å². The van der Waals surface area contributed by atoms with E-state index < -0.39 is 29.7 Å². The topological polar surface area (TPSA) is 396 Å². The minimum absolute atomic E-state index is 0.0177. The molecule has 36 heteroatoms. The molecule has 0 saturated carbocycles. The monoisotopic (exact) mass is 1900 g/mol.